The molecule has 0 spiro atoms. The van der Waals surface area contributed by atoms with Crippen molar-refractivity contribution >= 4 is 35.0 Å². The second-order valence-electron chi connectivity index (χ2n) is 6.40. The summed E-state index contributed by atoms with van der Waals surface area (Å²) in [4.78, 5) is 21.3. The zero-order valence-corrected chi connectivity index (χ0v) is 18.0. The number of anilines is 1. The van der Waals surface area contributed by atoms with Gasteiger partial charge in [-0.15, -0.1) is 16.4 Å². The average Bonchev–Trinajstić information content (AvgIpc) is 3.41. The number of amides is 1. The largest absolute Gasteiger partial charge is 0.496 e. The van der Waals surface area contributed by atoms with Gasteiger partial charge in [-0.05, 0) is 36.8 Å². The van der Waals surface area contributed by atoms with E-state index in [1.807, 2.05) is 48.7 Å². The molecule has 152 valence electrons. The van der Waals surface area contributed by atoms with E-state index in [1.54, 1.807) is 42.3 Å². The van der Waals surface area contributed by atoms with E-state index in [2.05, 4.69) is 25.5 Å². The number of aryl methyl sites for hydroxylation is 1. The standard InChI is InChI=1S/C21H19N5O2S2/c1-13-11-29-21(22-13)30-12-14-7-9-15(10-8-14)19(27)24-20-23-18(25-26-20)16-5-3-4-6-17(16)28-2/h3-11H,12H2,1-2H3,(H2,23,24,25,26,27). The SMILES string of the molecule is COc1ccccc1-c1nc(NC(=O)c2ccc(CSc3nc(C)cs3)cc2)n[nH]1. The van der Waals surface area contributed by atoms with Crippen molar-refractivity contribution in [3.05, 3.63) is 70.7 Å². The van der Waals surface area contributed by atoms with E-state index in [0.717, 1.165) is 26.9 Å². The third-order valence-corrected chi connectivity index (χ3v) is 6.46. The molecule has 2 aromatic carbocycles. The predicted molar refractivity (Wildman–Crippen MR) is 119 cm³/mol. The maximum atomic E-state index is 12.5. The summed E-state index contributed by atoms with van der Waals surface area (Å²) in [6, 6.07) is 15.0. The number of hydrogen-bond acceptors (Lipinski definition) is 7. The first-order valence-electron chi connectivity index (χ1n) is 9.13. The number of aromatic amines is 1. The Kier molecular flexibility index (Phi) is 6.10. The molecular weight excluding hydrogens is 418 g/mol. The van der Waals surface area contributed by atoms with Crippen LogP contribution < -0.4 is 10.1 Å². The molecule has 0 radical (unpaired) electrons. The number of benzene rings is 2. The summed E-state index contributed by atoms with van der Waals surface area (Å²) in [5.41, 5.74) is 3.47. The van der Waals surface area contributed by atoms with Crippen LogP contribution in [0, 0.1) is 6.92 Å². The van der Waals surface area contributed by atoms with Crippen molar-refractivity contribution in [2.75, 3.05) is 12.4 Å². The molecule has 4 aromatic rings. The molecule has 0 atom stereocenters. The summed E-state index contributed by atoms with van der Waals surface area (Å²) in [6.45, 7) is 1.99. The van der Waals surface area contributed by atoms with E-state index in [0.29, 0.717) is 17.1 Å². The monoisotopic (exact) mass is 437 g/mol. The van der Waals surface area contributed by atoms with Crippen molar-refractivity contribution < 1.29 is 9.53 Å². The molecule has 0 unspecified atom stereocenters. The molecule has 2 N–H and O–H groups in total. The maximum Gasteiger partial charge on any atom is 0.258 e. The van der Waals surface area contributed by atoms with Crippen LogP contribution in [0.25, 0.3) is 11.4 Å². The Balaban J connectivity index is 1.39. The van der Waals surface area contributed by atoms with E-state index in [-0.39, 0.29) is 11.9 Å². The average molecular weight is 438 g/mol. The number of thioether (sulfide) groups is 1. The van der Waals surface area contributed by atoms with Crippen LogP contribution in [0.2, 0.25) is 0 Å². The lowest BCUT2D eigenvalue weighted by Gasteiger charge is -2.04. The summed E-state index contributed by atoms with van der Waals surface area (Å²) < 4.78 is 6.39. The van der Waals surface area contributed by atoms with Gasteiger partial charge in [0, 0.05) is 22.4 Å². The summed E-state index contributed by atoms with van der Waals surface area (Å²) in [5, 5.41) is 11.7. The fraction of sp³-hybridized carbons (Fsp3) is 0.143. The van der Waals surface area contributed by atoms with Gasteiger partial charge in [0.2, 0.25) is 5.95 Å². The number of methoxy groups -OCH3 is 1. The minimum Gasteiger partial charge on any atom is -0.496 e. The van der Waals surface area contributed by atoms with Crippen molar-refractivity contribution in [1.29, 1.82) is 0 Å². The van der Waals surface area contributed by atoms with Gasteiger partial charge in [-0.25, -0.2) is 4.98 Å². The maximum absolute atomic E-state index is 12.5. The number of carbonyl (C=O) groups excluding carboxylic acids is 1. The summed E-state index contributed by atoms with van der Waals surface area (Å²) in [6.07, 6.45) is 0. The van der Waals surface area contributed by atoms with Crippen LogP contribution in [0.3, 0.4) is 0 Å². The number of rotatable bonds is 7. The molecule has 9 heteroatoms. The van der Waals surface area contributed by atoms with E-state index < -0.39 is 0 Å². The smallest absolute Gasteiger partial charge is 0.258 e. The normalized spacial score (nSPS) is 10.7. The first-order chi connectivity index (χ1) is 14.6. The van der Waals surface area contributed by atoms with Crippen molar-refractivity contribution in [2.24, 2.45) is 0 Å². The Bertz CT molecular complexity index is 1150. The van der Waals surface area contributed by atoms with Crippen LogP contribution in [0.1, 0.15) is 21.6 Å². The van der Waals surface area contributed by atoms with Gasteiger partial charge in [-0.2, -0.15) is 4.98 Å². The number of carbonyl (C=O) groups is 1. The second-order valence-corrected chi connectivity index (χ2v) is 8.48. The highest BCUT2D eigenvalue weighted by atomic mass is 32.2. The lowest BCUT2D eigenvalue weighted by atomic mass is 10.1. The highest BCUT2D eigenvalue weighted by molar-refractivity contribution is 8.00. The Hall–Kier alpha value is -3.17. The highest BCUT2D eigenvalue weighted by Gasteiger charge is 2.13. The van der Waals surface area contributed by atoms with Gasteiger partial charge in [0.05, 0.1) is 12.7 Å². The number of para-hydroxylation sites is 1. The van der Waals surface area contributed by atoms with Crippen molar-refractivity contribution in [2.45, 2.75) is 17.0 Å². The summed E-state index contributed by atoms with van der Waals surface area (Å²) in [7, 11) is 1.60. The first-order valence-corrected chi connectivity index (χ1v) is 11.0. The van der Waals surface area contributed by atoms with Gasteiger partial charge in [-0.3, -0.25) is 15.2 Å². The molecule has 2 heterocycles. The zero-order chi connectivity index (χ0) is 20.9. The number of nitrogens with zero attached hydrogens (tertiary/aromatic N) is 3. The fourth-order valence-electron chi connectivity index (χ4n) is 2.75. The molecule has 0 saturated carbocycles. The second kappa shape index (κ2) is 9.10. The molecule has 7 nitrogen and oxygen atoms in total. The van der Waals surface area contributed by atoms with Crippen LogP contribution in [0.4, 0.5) is 5.95 Å². The molecule has 30 heavy (non-hydrogen) atoms. The van der Waals surface area contributed by atoms with Gasteiger partial charge in [-0.1, -0.05) is 36.0 Å². The molecule has 1 amide bonds. The number of thiazole rings is 1. The molecule has 0 fully saturated rings. The minimum atomic E-state index is -0.268. The topological polar surface area (TPSA) is 92.8 Å². The first kappa shape index (κ1) is 20.1. The van der Waals surface area contributed by atoms with Gasteiger partial charge in [0.25, 0.3) is 5.91 Å². The molecule has 0 bridgehead atoms. The molecular formula is C21H19N5O2S2. The zero-order valence-electron chi connectivity index (χ0n) is 16.4. The van der Waals surface area contributed by atoms with Crippen molar-refractivity contribution in [3.63, 3.8) is 0 Å². The predicted octanol–water partition coefficient (Wildman–Crippen LogP) is 4.79. The van der Waals surface area contributed by atoms with Crippen LogP contribution in [0.5, 0.6) is 5.75 Å². The van der Waals surface area contributed by atoms with E-state index in [4.69, 9.17) is 4.74 Å². The summed E-state index contributed by atoms with van der Waals surface area (Å²) in [5.74, 6) is 1.94. The van der Waals surface area contributed by atoms with Crippen LogP contribution in [0.15, 0.2) is 58.3 Å². The molecule has 0 saturated heterocycles. The molecule has 4 rings (SSSR count). The highest BCUT2D eigenvalue weighted by Crippen LogP contribution is 2.28. The fourth-order valence-corrected chi connectivity index (χ4v) is 4.55. The van der Waals surface area contributed by atoms with Crippen molar-refractivity contribution in [3.8, 4) is 17.1 Å². The Labute approximate surface area is 181 Å². The Morgan fingerprint density at radius 2 is 1.97 bits per heavy atom. The van der Waals surface area contributed by atoms with E-state index in [9.17, 15) is 4.79 Å². The lowest BCUT2D eigenvalue weighted by molar-refractivity contribution is 0.102. The van der Waals surface area contributed by atoms with Gasteiger partial charge in [0.15, 0.2) is 5.82 Å². The van der Waals surface area contributed by atoms with Gasteiger partial charge < -0.3 is 4.74 Å². The number of ether oxygens (including phenoxy) is 1. The van der Waals surface area contributed by atoms with Crippen LogP contribution in [-0.2, 0) is 5.75 Å². The number of H-pyrrole nitrogens is 1. The Morgan fingerprint density at radius 1 is 1.17 bits per heavy atom. The van der Waals surface area contributed by atoms with Gasteiger partial charge >= 0.3 is 0 Å². The quantitative estimate of drug-likeness (QED) is 0.404. The van der Waals surface area contributed by atoms with Crippen LogP contribution in [-0.4, -0.2) is 33.2 Å². The number of hydrogen-bond donors (Lipinski definition) is 2. The third kappa shape index (κ3) is 4.69. The summed E-state index contributed by atoms with van der Waals surface area (Å²) >= 11 is 3.33. The Morgan fingerprint density at radius 3 is 2.70 bits per heavy atom. The minimum absolute atomic E-state index is 0.208. The van der Waals surface area contributed by atoms with Crippen LogP contribution >= 0.6 is 23.1 Å². The number of aromatic nitrogens is 4. The van der Waals surface area contributed by atoms with Crippen molar-refractivity contribution in [1.82, 2.24) is 20.2 Å². The van der Waals surface area contributed by atoms with Gasteiger partial charge in [0.1, 0.15) is 10.1 Å². The molecule has 0 aliphatic rings. The number of nitrogens with one attached hydrogen (secondary N) is 2. The molecule has 2 aromatic heterocycles. The third-order valence-electron chi connectivity index (χ3n) is 4.25. The van der Waals surface area contributed by atoms with E-state index in [1.165, 1.54) is 0 Å². The lowest BCUT2D eigenvalue weighted by Crippen LogP contribution is -2.13. The van der Waals surface area contributed by atoms with E-state index >= 15 is 0 Å². The molecule has 0 aliphatic carbocycles. The molecule has 0 aliphatic heterocycles.